The molecule has 164 valence electrons. The van der Waals surface area contributed by atoms with E-state index in [1.165, 1.54) is 0 Å². The fraction of sp³-hybridized carbons (Fsp3) is 0.240. The number of aromatic nitrogens is 3. The van der Waals surface area contributed by atoms with Gasteiger partial charge in [0, 0.05) is 28.8 Å². The zero-order chi connectivity index (χ0) is 22.5. The van der Waals surface area contributed by atoms with Crippen LogP contribution in [0.25, 0.3) is 28.2 Å². The topological polar surface area (TPSA) is 68.5 Å². The van der Waals surface area contributed by atoms with Crippen molar-refractivity contribution in [1.82, 2.24) is 19.9 Å². The number of rotatable bonds is 8. The Bertz CT molecular complexity index is 1230. The average Bonchev–Trinajstić information content (AvgIpc) is 3.25. The number of methoxy groups -OCH3 is 1. The zero-order valence-corrected chi connectivity index (χ0v) is 18.9. The summed E-state index contributed by atoms with van der Waals surface area (Å²) in [4.78, 5) is 17.9. The van der Waals surface area contributed by atoms with Gasteiger partial charge in [-0.1, -0.05) is 55.6 Å². The Hall–Kier alpha value is -3.38. The molecule has 2 heterocycles. The van der Waals surface area contributed by atoms with Gasteiger partial charge < -0.3 is 10.1 Å². The number of benzene rings is 2. The predicted molar refractivity (Wildman–Crippen MR) is 127 cm³/mol. The fourth-order valence-electron chi connectivity index (χ4n) is 3.56. The van der Waals surface area contributed by atoms with Crippen molar-refractivity contribution in [2.75, 3.05) is 13.7 Å². The average molecular weight is 449 g/mol. The van der Waals surface area contributed by atoms with Crippen LogP contribution >= 0.6 is 11.6 Å². The van der Waals surface area contributed by atoms with Gasteiger partial charge in [0.05, 0.1) is 18.5 Å². The van der Waals surface area contributed by atoms with Gasteiger partial charge >= 0.3 is 0 Å². The first-order valence-electron chi connectivity index (χ1n) is 10.7. The zero-order valence-electron chi connectivity index (χ0n) is 18.1. The third-order valence-electron chi connectivity index (χ3n) is 5.25. The van der Waals surface area contributed by atoms with Crippen molar-refractivity contribution >= 4 is 23.2 Å². The lowest BCUT2D eigenvalue weighted by Crippen LogP contribution is -2.27. The second kappa shape index (κ2) is 9.83. The second-order valence-corrected chi connectivity index (χ2v) is 7.93. The van der Waals surface area contributed by atoms with E-state index in [1.807, 2.05) is 54.6 Å². The Labute approximate surface area is 192 Å². The van der Waals surface area contributed by atoms with Gasteiger partial charge in [-0.2, -0.15) is 5.10 Å². The molecule has 6 nitrogen and oxygen atoms in total. The Kier molecular flexibility index (Phi) is 6.71. The summed E-state index contributed by atoms with van der Waals surface area (Å²) in [5, 5.41) is 8.34. The number of para-hydroxylation sites is 1. The van der Waals surface area contributed by atoms with Crippen molar-refractivity contribution < 1.29 is 9.53 Å². The van der Waals surface area contributed by atoms with Gasteiger partial charge in [-0.15, -0.1) is 0 Å². The molecule has 32 heavy (non-hydrogen) atoms. The molecule has 0 aliphatic rings. The van der Waals surface area contributed by atoms with Crippen LogP contribution in [0.3, 0.4) is 0 Å². The van der Waals surface area contributed by atoms with Gasteiger partial charge in [0.2, 0.25) is 0 Å². The highest BCUT2D eigenvalue weighted by Gasteiger charge is 2.18. The summed E-state index contributed by atoms with van der Waals surface area (Å²) < 4.78 is 7.11. The Morgan fingerprint density at radius 3 is 2.59 bits per heavy atom. The summed E-state index contributed by atoms with van der Waals surface area (Å²) in [5.41, 5.74) is 4.08. The summed E-state index contributed by atoms with van der Waals surface area (Å²) in [5.74, 6) is 0.506. The van der Waals surface area contributed by atoms with Gasteiger partial charge in [0.1, 0.15) is 11.4 Å². The molecule has 0 fully saturated rings. The van der Waals surface area contributed by atoms with Gasteiger partial charge in [-0.25, -0.2) is 9.50 Å². The maximum absolute atomic E-state index is 13.1. The summed E-state index contributed by atoms with van der Waals surface area (Å²) in [6.45, 7) is 2.75. The lowest BCUT2D eigenvalue weighted by molar-refractivity contribution is 0.0945. The van der Waals surface area contributed by atoms with Crippen LogP contribution in [-0.4, -0.2) is 34.2 Å². The number of carbonyl (C=O) groups is 1. The molecule has 2 aromatic carbocycles. The van der Waals surface area contributed by atoms with E-state index in [0.717, 1.165) is 30.4 Å². The van der Waals surface area contributed by atoms with Gasteiger partial charge in [0.25, 0.3) is 5.91 Å². The highest BCUT2D eigenvalue weighted by molar-refractivity contribution is 6.30. The minimum Gasteiger partial charge on any atom is -0.496 e. The van der Waals surface area contributed by atoms with Crippen molar-refractivity contribution in [1.29, 1.82) is 0 Å². The van der Waals surface area contributed by atoms with Crippen LogP contribution in [0.2, 0.25) is 5.02 Å². The molecule has 0 saturated heterocycles. The van der Waals surface area contributed by atoms with Crippen molar-refractivity contribution in [3.05, 3.63) is 71.4 Å². The number of hydrogen-bond donors (Lipinski definition) is 1. The molecule has 0 aliphatic heterocycles. The van der Waals surface area contributed by atoms with E-state index in [0.29, 0.717) is 40.0 Å². The summed E-state index contributed by atoms with van der Waals surface area (Å²) in [6.07, 6.45) is 3.10. The first-order chi connectivity index (χ1) is 15.6. The molecule has 1 amide bonds. The lowest BCUT2D eigenvalue weighted by atomic mass is 10.1. The summed E-state index contributed by atoms with van der Waals surface area (Å²) in [7, 11) is 1.62. The minimum absolute atomic E-state index is 0.185. The van der Waals surface area contributed by atoms with Crippen LogP contribution in [-0.2, 0) is 0 Å². The molecule has 4 rings (SSSR count). The smallest absolute Gasteiger partial charge is 0.270 e. The number of nitrogens with zero attached hydrogens (tertiary/aromatic N) is 3. The number of unbranched alkanes of at least 4 members (excludes halogenated alkanes) is 2. The molecule has 0 atom stereocenters. The Morgan fingerprint density at radius 2 is 1.84 bits per heavy atom. The van der Waals surface area contributed by atoms with Crippen LogP contribution in [0.4, 0.5) is 0 Å². The number of halogens is 1. The number of ether oxygens (including phenoxy) is 1. The Balaban J connectivity index is 1.81. The quantitative estimate of drug-likeness (QED) is 0.354. The van der Waals surface area contributed by atoms with Crippen molar-refractivity contribution in [3.8, 4) is 28.3 Å². The predicted octanol–water partition coefficient (Wildman–Crippen LogP) is 5.65. The first-order valence-corrected chi connectivity index (χ1v) is 11.1. The number of carbonyl (C=O) groups excluding carboxylic acids is 1. The minimum atomic E-state index is -0.185. The molecule has 0 unspecified atom stereocenters. The van der Waals surface area contributed by atoms with E-state index in [1.54, 1.807) is 17.7 Å². The molecule has 0 aliphatic carbocycles. The maximum Gasteiger partial charge on any atom is 0.270 e. The molecular weight excluding hydrogens is 424 g/mol. The first kappa shape index (κ1) is 21.8. The maximum atomic E-state index is 13.1. The number of hydrogen-bond acceptors (Lipinski definition) is 4. The molecule has 4 aromatic rings. The molecule has 7 heteroatoms. The highest BCUT2D eigenvalue weighted by atomic mass is 35.5. The van der Waals surface area contributed by atoms with Crippen LogP contribution in [0, 0.1) is 0 Å². The third-order valence-corrected chi connectivity index (χ3v) is 5.50. The Morgan fingerprint density at radius 1 is 1.06 bits per heavy atom. The number of nitrogens with one attached hydrogen (secondary N) is 1. The number of fused-ring (bicyclic) bond motifs is 1. The van der Waals surface area contributed by atoms with E-state index in [4.69, 9.17) is 21.3 Å². The molecular formula is C25H25ClN4O2. The van der Waals surface area contributed by atoms with E-state index < -0.39 is 0 Å². The summed E-state index contributed by atoms with van der Waals surface area (Å²) >= 11 is 6.03. The monoisotopic (exact) mass is 448 g/mol. The fourth-order valence-corrected chi connectivity index (χ4v) is 3.69. The van der Waals surface area contributed by atoms with Gasteiger partial charge in [0.15, 0.2) is 5.65 Å². The van der Waals surface area contributed by atoms with Crippen LogP contribution in [0.15, 0.2) is 60.7 Å². The third kappa shape index (κ3) is 4.60. The standard InChI is InChI=1S/C25H25ClN4O2/c1-3-4-7-14-27-25(31)22-15-21(19-8-5-6-9-23(19)32-2)28-24-16-20(29-30(22)24)17-10-12-18(26)13-11-17/h5-6,8-13,15-16H,3-4,7,14H2,1-2H3,(H,27,31). The summed E-state index contributed by atoms with van der Waals surface area (Å²) in [6, 6.07) is 18.7. The SMILES string of the molecule is CCCCCNC(=O)c1cc(-c2ccccc2OC)nc2cc(-c3ccc(Cl)cc3)nn12. The normalized spacial score (nSPS) is 11.0. The molecule has 0 spiro atoms. The van der Waals surface area contributed by atoms with Crippen LogP contribution in [0.5, 0.6) is 5.75 Å². The van der Waals surface area contributed by atoms with Crippen molar-refractivity contribution in [3.63, 3.8) is 0 Å². The van der Waals surface area contributed by atoms with Gasteiger partial charge in [-0.05, 0) is 36.8 Å². The van der Waals surface area contributed by atoms with E-state index in [-0.39, 0.29) is 5.91 Å². The largest absolute Gasteiger partial charge is 0.496 e. The molecule has 1 N–H and O–H groups in total. The van der Waals surface area contributed by atoms with Crippen LogP contribution < -0.4 is 10.1 Å². The van der Waals surface area contributed by atoms with Crippen molar-refractivity contribution in [2.24, 2.45) is 0 Å². The molecule has 2 aromatic heterocycles. The highest BCUT2D eigenvalue weighted by Crippen LogP contribution is 2.30. The lowest BCUT2D eigenvalue weighted by Gasteiger charge is -2.11. The number of amides is 1. The van der Waals surface area contributed by atoms with Crippen LogP contribution in [0.1, 0.15) is 36.7 Å². The van der Waals surface area contributed by atoms with E-state index in [9.17, 15) is 4.79 Å². The molecule has 0 saturated carbocycles. The molecule has 0 radical (unpaired) electrons. The molecule has 0 bridgehead atoms. The van der Waals surface area contributed by atoms with E-state index >= 15 is 0 Å². The van der Waals surface area contributed by atoms with E-state index in [2.05, 4.69) is 17.3 Å². The van der Waals surface area contributed by atoms with Gasteiger partial charge in [-0.3, -0.25) is 4.79 Å². The second-order valence-electron chi connectivity index (χ2n) is 7.50. The van der Waals surface area contributed by atoms with Crippen molar-refractivity contribution in [2.45, 2.75) is 26.2 Å².